The van der Waals surface area contributed by atoms with E-state index >= 15 is 0 Å². The monoisotopic (exact) mass is 322 g/mol. The Balaban J connectivity index is 1.44. The van der Waals surface area contributed by atoms with Crippen LogP contribution in [0, 0.1) is 18.8 Å². The fourth-order valence-corrected chi connectivity index (χ4v) is 3.89. The van der Waals surface area contributed by atoms with Gasteiger partial charge in [0.05, 0.1) is 17.4 Å². The molecule has 2 fully saturated rings. The van der Waals surface area contributed by atoms with Gasteiger partial charge in [-0.1, -0.05) is 0 Å². The average molecular weight is 322 g/mol. The molecule has 2 aliphatic heterocycles. The van der Waals surface area contributed by atoms with Crippen LogP contribution in [0.3, 0.4) is 0 Å². The molecule has 0 N–H and O–H groups in total. The molecule has 1 amide bonds. The molecule has 2 aromatic heterocycles. The molecular formula is C19H22N4O. The molecule has 5 heteroatoms. The molecule has 24 heavy (non-hydrogen) atoms. The molecule has 0 aliphatic carbocycles. The highest BCUT2D eigenvalue weighted by Crippen LogP contribution is 2.33. The van der Waals surface area contributed by atoms with Crippen LogP contribution in [0.25, 0.3) is 0 Å². The Labute approximate surface area is 142 Å². The third-order valence-corrected chi connectivity index (χ3v) is 5.26. The molecular weight excluding hydrogens is 300 g/mol. The van der Waals surface area contributed by atoms with Gasteiger partial charge in [-0.3, -0.25) is 14.8 Å². The van der Waals surface area contributed by atoms with Crippen LogP contribution in [0.1, 0.15) is 22.5 Å². The number of hydrogen-bond acceptors (Lipinski definition) is 4. The van der Waals surface area contributed by atoms with E-state index in [1.807, 2.05) is 42.4 Å². The Kier molecular flexibility index (Phi) is 3.92. The van der Waals surface area contributed by atoms with Crippen LogP contribution in [0.4, 0.5) is 5.69 Å². The van der Waals surface area contributed by atoms with Crippen molar-refractivity contribution in [2.24, 2.45) is 11.8 Å². The molecule has 2 saturated heterocycles. The van der Waals surface area contributed by atoms with Gasteiger partial charge < -0.3 is 9.80 Å². The van der Waals surface area contributed by atoms with Crippen molar-refractivity contribution in [2.45, 2.75) is 13.3 Å². The minimum atomic E-state index is 0.116. The molecule has 4 heterocycles. The van der Waals surface area contributed by atoms with Crippen LogP contribution in [0.5, 0.6) is 0 Å². The second-order valence-electron chi connectivity index (χ2n) is 6.86. The number of aromatic nitrogens is 2. The molecule has 0 unspecified atom stereocenters. The molecule has 2 atom stereocenters. The molecule has 2 aromatic rings. The van der Waals surface area contributed by atoms with Gasteiger partial charge in [0.15, 0.2) is 0 Å². The molecule has 0 bridgehead atoms. The smallest absolute Gasteiger partial charge is 0.255 e. The molecule has 0 spiro atoms. The van der Waals surface area contributed by atoms with Crippen LogP contribution in [-0.2, 0) is 0 Å². The van der Waals surface area contributed by atoms with Gasteiger partial charge in [0.25, 0.3) is 5.91 Å². The van der Waals surface area contributed by atoms with Gasteiger partial charge in [0.2, 0.25) is 0 Å². The number of piperidine rings is 1. The topological polar surface area (TPSA) is 49.3 Å². The Hall–Kier alpha value is -2.43. The van der Waals surface area contributed by atoms with Crippen molar-refractivity contribution in [1.29, 1.82) is 0 Å². The van der Waals surface area contributed by atoms with E-state index in [1.54, 1.807) is 6.20 Å². The van der Waals surface area contributed by atoms with Crippen molar-refractivity contribution in [3.8, 4) is 0 Å². The number of rotatable bonds is 2. The van der Waals surface area contributed by atoms with Gasteiger partial charge in [0, 0.05) is 44.3 Å². The summed E-state index contributed by atoms with van der Waals surface area (Å²) in [6, 6.07) is 7.88. The predicted molar refractivity (Wildman–Crippen MR) is 92.9 cm³/mol. The highest BCUT2D eigenvalue weighted by atomic mass is 16.2. The first kappa shape index (κ1) is 15.1. The summed E-state index contributed by atoms with van der Waals surface area (Å²) >= 11 is 0. The van der Waals surface area contributed by atoms with E-state index in [4.69, 9.17) is 0 Å². The molecule has 5 nitrogen and oxygen atoms in total. The van der Waals surface area contributed by atoms with Crippen LogP contribution in [-0.4, -0.2) is 47.0 Å². The number of nitrogens with zero attached hydrogens (tertiary/aromatic N) is 4. The predicted octanol–water partition coefficient (Wildman–Crippen LogP) is 2.38. The van der Waals surface area contributed by atoms with Gasteiger partial charge >= 0.3 is 0 Å². The van der Waals surface area contributed by atoms with Crippen LogP contribution < -0.4 is 4.90 Å². The molecule has 0 saturated carbocycles. The summed E-state index contributed by atoms with van der Waals surface area (Å²) in [6.45, 7) is 5.70. The SMILES string of the molecule is Cc1ccc(C(=O)N2C[C@@H]3CCN(c4cccnc4)C[C@@H]3C2)cn1. The zero-order valence-electron chi connectivity index (χ0n) is 13.9. The highest BCUT2D eigenvalue weighted by Gasteiger charge is 2.39. The quantitative estimate of drug-likeness (QED) is 0.852. The highest BCUT2D eigenvalue weighted by molar-refractivity contribution is 5.94. The first-order valence-electron chi connectivity index (χ1n) is 8.57. The second-order valence-corrected chi connectivity index (χ2v) is 6.86. The minimum Gasteiger partial charge on any atom is -0.370 e. The first-order valence-corrected chi connectivity index (χ1v) is 8.57. The van der Waals surface area contributed by atoms with Gasteiger partial charge in [-0.05, 0) is 49.4 Å². The summed E-state index contributed by atoms with van der Waals surface area (Å²) in [5.74, 6) is 1.27. The van der Waals surface area contributed by atoms with Crippen molar-refractivity contribution >= 4 is 11.6 Å². The van der Waals surface area contributed by atoms with Crippen LogP contribution in [0.2, 0.25) is 0 Å². The third-order valence-electron chi connectivity index (χ3n) is 5.26. The second kappa shape index (κ2) is 6.23. The summed E-state index contributed by atoms with van der Waals surface area (Å²) in [5.41, 5.74) is 2.82. The largest absolute Gasteiger partial charge is 0.370 e. The summed E-state index contributed by atoms with van der Waals surface area (Å²) in [4.78, 5) is 25.6. The Morgan fingerprint density at radius 1 is 1.12 bits per heavy atom. The van der Waals surface area contributed by atoms with Crippen molar-refractivity contribution in [3.63, 3.8) is 0 Å². The lowest BCUT2D eigenvalue weighted by Gasteiger charge is -2.35. The molecule has 0 radical (unpaired) electrons. The Bertz CT molecular complexity index is 716. The fraction of sp³-hybridized carbons (Fsp3) is 0.421. The van der Waals surface area contributed by atoms with E-state index in [9.17, 15) is 4.79 Å². The van der Waals surface area contributed by atoms with E-state index in [0.717, 1.165) is 38.3 Å². The summed E-state index contributed by atoms with van der Waals surface area (Å²) in [5, 5.41) is 0. The van der Waals surface area contributed by atoms with Crippen LogP contribution >= 0.6 is 0 Å². The van der Waals surface area contributed by atoms with E-state index in [-0.39, 0.29) is 5.91 Å². The maximum absolute atomic E-state index is 12.7. The lowest BCUT2D eigenvalue weighted by Crippen LogP contribution is -2.40. The molecule has 4 rings (SSSR count). The van der Waals surface area contributed by atoms with Gasteiger partial charge in [-0.15, -0.1) is 0 Å². The van der Waals surface area contributed by atoms with Gasteiger partial charge in [0.1, 0.15) is 0 Å². The van der Waals surface area contributed by atoms with E-state index in [2.05, 4.69) is 20.9 Å². The number of carbonyl (C=O) groups is 1. The Morgan fingerprint density at radius 2 is 2.00 bits per heavy atom. The number of fused-ring (bicyclic) bond motifs is 1. The standard InChI is InChI=1S/C19H22N4O/c1-14-4-5-15(9-21-14)19(24)23-11-16-6-8-22(12-17(16)13-23)18-3-2-7-20-10-18/h2-5,7,9-10,16-17H,6,8,11-13H2,1H3/t16-,17+/m0/s1. The van der Waals surface area contributed by atoms with Gasteiger partial charge in [-0.25, -0.2) is 0 Å². The molecule has 0 aromatic carbocycles. The maximum Gasteiger partial charge on any atom is 0.255 e. The third kappa shape index (κ3) is 2.86. The molecule has 124 valence electrons. The van der Waals surface area contributed by atoms with Crippen molar-refractivity contribution in [1.82, 2.24) is 14.9 Å². The van der Waals surface area contributed by atoms with E-state index in [0.29, 0.717) is 17.4 Å². The lowest BCUT2D eigenvalue weighted by molar-refractivity contribution is 0.0784. The van der Waals surface area contributed by atoms with Crippen molar-refractivity contribution in [2.75, 3.05) is 31.1 Å². The normalized spacial score (nSPS) is 23.2. The van der Waals surface area contributed by atoms with E-state index < -0.39 is 0 Å². The Morgan fingerprint density at radius 3 is 2.75 bits per heavy atom. The average Bonchev–Trinajstić information content (AvgIpc) is 3.06. The number of likely N-dealkylation sites (tertiary alicyclic amines) is 1. The molecule has 2 aliphatic rings. The van der Waals surface area contributed by atoms with Crippen molar-refractivity contribution in [3.05, 3.63) is 54.1 Å². The number of aryl methyl sites for hydroxylation is 1. The number of carbonyl (C=O) groups excluding carboxylic acids is 1. The van der Waals surface area contributed by atoms with Crippen molar-refractivity contribution < 1.29 is 4.79 Å². The summed E-state index contributed by atoms with van der Waals surface area (Å²) in [7, 11) is 0. The van der Waals surface area contributed by atoms with Gasteiger partial charge in [-0.2, -0.15) is 0 Å². The zero-order chi connectivity index (χ0) is 16.5. The van der Waals surface area contributed by atoms with E-state index in [1.165, 1.54) is 5.69 Å². The van der Waals surface area contributed by atoms with Crippen LogP contribution in [0.15, 0.2) is 42.9 Å². The lowest BCUT2D eigenvalue weighted by atomic mass is 9.88. The summed E-state index contributed by atoms with van der Waals surface area (Å²) < 4.78 is 0. The fourth-order valence-electron chi connectivity index (χ4n) is 3.89. The summed E-state index contributed by atoms with van der Waals surface area (Å²) in [6.07, 6.45) is 6.56. The zero-order valence-corrected chi connectivity index (χ0v) is 13.9. The number of amides is 1. The number of hydrogen-bond donors (Lipinski definition) is 0. The minimum absolute atomic E-state index is 0.116. The number of pyridine rings is 2. The number of anilines is 1. The first-order chi connectivity index (χ1) is 11.7. The maximum atomic E-state index is 12.7.